The van der Waals surface area contributed by atoms with E-state index < -0.39 is 0 Å². The van der Waals surface area contributed by atoms with Crippen molar-refractivity contribution in [3.63, 3.8) is 0 Å². The lowest BCUT2D eigenvalue weighted by Crippen LogP contribution is -2.19. The van der Waals surface area contributed by atoms with Gasteiger partial charge in [-0.3, -0.25) is 4.79 Å². The lowest BCUT2D eigenvalue weighted by molar-refractivity contribution is -0.113. The van der Waals surface area contributed by atoms with Gasteiger partial charge in [0, 0.05) is 10.6 Å². The van der Waals surface area contributed by atoms with Crippen molar-refractivity contribution in [3.05, 3.63) is 34.6 Å². The Balaban J connectivity index is 2.44. The minimum Gasteiger partial charge on any atom is -0.267 e. The highest BCUT2D eigenvalue weighted by Crippen LogP contribution is 2.28. The van der Waals surface area contributed by atoms with Gasteiger partial charge in [-0.1, -0.05) is 22.0 Å². The SMILES string of the molecule is O=C1C=C(Br)C2C=CC(F)=CC2=N1. The predicted molar refractivity (Wildman–Crippen MR) is 51.3 cm³/mol. The van der Waals surface area contributed by atoms with Crippen LogP contribution in [0.1, 0.15) is 0 Å². The average Bonchev–Trinajstić information content (AvgIpc) is 2.02. The summed E-state index contributed by atoms with van der Waals surface area (Å²) >= 11 is 3.25. The summed E-state index contributed by atoms with van der Waals surface area (Å²) in [5.74, 6) is -0.820. The molecule has 1 heterocycles. The number of dihydropyridines is 1. The van der Waals surface area contributed by atoms with Crippen LogP contribution in [0.15, 0.2) is 39.6 Å². The highest BCUT2D eigenvalue weighted by atomic mass is 79.9. The molecule has 1 aliphatic carbocycles. The average molecular weight is 242 g/mol. The van der Waals surface area contributed by atoms with Crippen LogP contribution in [0.5, 0.6) is 0 Å². The number of rotatable bonds is 0. The van der Waals surface area contributed by atoms with Crippen molar-refractivity contribution in [1.82, 2.24) is 0 Å². The molecule has 1 aliphatic heterocycles. The van der Waals surface area contributed by atoms with Crippen molar-refractivity contribution in [3.8, 4) is 0 Å². The Hall–Kier alpha value is -1.03. The Morgan fingerprint density at radius 3 is 3.00 bits per heavy atom. The second-order valence-corrected chi connectivity index (χ2v) is 3.69. The molecule has 1 atom stereocenters. The molecule has 0 fully saturated rings. The van der Waals surface area contributed by atoms with E-state index in [1.165, 1.54) is 18.2 Å². The van der Waals surface area contributed by atoms with Gasteiger partial charge in [0.25, 0.3) is 5.91 Å². The fourth-order valence-corrected chi connectivity index (χ4v) is 1.85. The first-order chi connectivity index (χ1) is 6.16. The number of nitrogens with zero attached hydrogens (tertiary/aromatic N) is 1. The normalized spacial score (nSPS) is 26.2. The van der Waals surface area contributed by atoms with E-state index in [1.54, 1.807) is 6.08 Å². The number of hydrogen-bond donors (Lipinski definition) is 0. The number of allylic oxidation sites excluding steroid dienone is 5. The van der Waals surface area contributed by atoms with E-state index in [0.29, 0.717) is 5.71 Å². The number of carbonyl (C=O) groups excluding carboxylic acids is 1. The molecular formula is C9H5BrFNO. The number of fused-ring (bicyclic) bond motifs is 1. The third kappa shape index (κ3) is 1.54. The van der Waals surface area contributed by atoms with Crippen molar-refractivity contribution >= 4 is 27.5 Å². The monoisotopic (exact) mass is 241 g/mol. The van der Waals surface area contributed by atoms with Crippen molar-refractivity contribution < 1.29 is 9.18 Å². The van der Waals surface area contributed by atoms with Crippen LogP contribution in [0.2, 0.25) is 0 Å². The topological polar surface area (TPSA) is 29.4 Å². The van der Waals surface area contributed by atoms with E-state index in [2.05, 4.69) is 20.9 Å². The number of carbonyl (C=O) groups is 1. The number of aliphatic imine (C=N–C) groups is 1. The lowest BCUT2D eigenvalue weighted by Gasteiger charge is -2.18. The van der Waals surface area contributed by atoms with Gasteiger partial charge in [0.15, 0.2) is 0 Å². The molecule has 13 heavy (non-hydrogen) atoms. The van der Waals surface area contributed by atoms with Crippen LogP contribution in [0.3, 0.4) is 0 Å². The fourth-order valence-electron chi connectivity index (χ4n) is 1.27. The molecular weight excluding hydrogens is 237 g/mol. The highest BCUT2D eigenvalue weighted by molar-refractivity contribution is 9.11. The smallest absolute Gasteiger partial charge is 0.267 e. The summed E-state index contributed by atoms with van der Waals surface area (Å²) in [7, 11) is 0. The zero-order chi connectivity index (χ0) is 9.42. The summed E-state index contributed by atoms with van der Waals surface area (Å²) in [5.41, 5.74) is 0.458. The molecule has 1 unspecified atom stereocenters. The Morgan fingerprint density at radius 1 is 1.46 bits per heavy atom. The van der Waals surface area contributed by atoms with Crippen molar-refractivity contribution in [2.75, 3.05) is 0 Å². The molecule has 66 valence electrons. The highest BCUT2D eigenvalue weighted by Gasteiger charge is 2.23. The molecule has 0 saturated heterocycles. The van der Waals surface area contributed by atoms with Crippen LogP contribution in [0.25, 0.3) is 0 Å². The molecule has 0 aromatic carbocycles. The lowest BCUT2D eigenvalue weighted by atomic mass is 9.95. The minimum absolute atomic E-state index is 0.0998. The summed E-state index contributed by atoms with van der Waals surface area (Å²) < 4.78 is 13.5. The zero-order valence-electron chi connectivity index (χ0n) is 6.50. The first kappa shape index (κ1) is 8.56. The Bertz CT molecular complexity index is 392. The molecule has 0 N–H and O–H groups in total. The van der Waals surface area contributed by atoms with Gasteiger partial charge in [0.05, 0.1) is 11.6 Å². The molecule has 1 amide bonds. The largest absolute Gasteiger partial charge is 0.270 e. The third-order valence-electron chi connectivity index (χ3n) is 1.85. The molecule has 2 rings (SSSR count). The molecule has 0 bridgehead atoms. The molecule has 0 aromatic heterocycles. The second kappa shape index (κ2) is 3.03. The van der Waals surface area contributed by atoms with Crippen LogP contribution in [0, 0.1) is 5.92 Å². The third-order valence-corrected chi connectivity index (χ3v) is 2.57. The van der Waals surface area contributed by atoms with Crippen LogP contribution in [-0.2, 0) is 4.79 Å². The molecule has 0 spiro atoms. The van der Waals surface area contributed by atoms with Gasteiger partial charge < -0.3 is 0 Å². The number of halogens is 2. The standard InChI is InChI=1S/C9H5BrFNO/c10-7-4-9(13)12-8-3-5(11)1-2-6(7)8/h1-4,6H. The molecule has 0 aromatic rings. The Labute approximate surface area is 82.7 Å². The second-order valence-electron chi connectivity index (χ2n) is 2.77. The number of hydrogen-bond acceptors (Lipinski definition) is 1. The van der Waals surface area contributed by atoms with E-state index in [0.717, 1.165) is 4.48 Å². The van der Waals surface area contributed by atoms with Gasteiger partial charge in [0.1, 0.15) is 5.83 Å². The number of amides is 1. The van der Waals surface area contributed by atoms with Crippen molar-refractivity contribution in [2.45, 2.75) is 0 Å². The van der Waals surface area contributed by atoms with Crippen molar-refractivity contribution in [2.24, 2.45) is 10.9 Å². The van der Waals surface area contributed by atoms with E-state index in [-0.39, 0.29) is 17.7 Å². The summed E-state index contributed by atoms with van der Waals surface area (Å²) in [6, 6.07) is 0. The van der Waals surface area contributed by atoms with Gasteiger partial charge in [-0.2, -0.15) is 0 Å². The van der Waals surface area contributed by atoms with E-state index in [4.69, 9.17) is 0 Å². The van der Waals surface area contributed by atoms with Crippen LogP contribution < -0.4 is 0 Å². The maximum atomic E-state index is 12.8. The van der Waals surface area contributed by atoms with Gasteiger partial charge in [-0.15, -0.1) is 0 Å². The van der Waals surface area contributed by atoms with Crippen LogP contribution in [-0.4, -0.2) is 11.6 Å². The molecule has 2 nitrogen and oxygen atoms in total. The fraction of sp³-hybridized carbons (Fsp3) is 0.111. The molecule has 0 saturated carbocycles. The van der Waals surface area contributed by atoms with E-state index in [9.17, 15) is 9.18 Å². The van der Waals surface area contributed by atoms with E-state index >= 15 is 0 Å². The maximum Gasteiger partial charge on any atom is 0.270 e. The molecule has 4 heteroatoms. The Morgan fingerprint density at radius 2 is 2.23 bits per heavy atom. The molecule has 0 radical (unpaired) electrons. The Kier molecular flexibility index (Phi) is 2.00. The first-order valence-electron chi connectivity index (χ1n) is 3.72. The van der Waals surface area contributed by atoms with Gasteiger partial charge in [-0.25, -0.2) is 9.38 Å². The minimum atomic E-state index is -0.370. The van der Waals surface area contributed by atoms with Crippen molar-refractivity contribution in [1.29, 1.82) is 0 Å². The summed E-state index contributed by atoms with van der Waals surface area (Å²) in [6.45, 7) is 0. The van der Waals surface area contributed by atoms with E-state index in [1.807, 2.05) is 0 Å². The zero-order valence-corrected chi connectivity index (χ0v) is 8.08. The first-order valence-corrected chi connectivity index (χ1v) is 4.51. The molecule has 2 aliphatic rings. The maximum absolute atomic E-state index is 12.8. The predicted octanol–water partition coefficient (Wildman–Crippen LogP) is 2.29. The van der Waals surface area contributed by atoms with Gasteiger partial charge in [0.2, 0.25) is 0 Å². The summed E-state index contributed by atoms with van der Waals surface area (Å²) in [5, 5.41) is 0. The van der Waals surface area contributed by atoms with Crippen LogP contribution in [0.4, 0.5) is 4.39 Å². The van der Waals surface area contributed by atoms with Gasteiger partial charge in [-0.05, 0) is 12.2 Å². The quantitative estimate of drug-likeness (QED) is 0.640. The van der Waals surface area contributed by atoms with Crippen LogP contribution >= 0.6 is 15.9 Å². The summed E-state index contributed by atoms with van der Waals surface area (Å²) in [6.07, 6.45) is 5.71. The van der Waals surface area contributed by atoms with Gasteiger partial charge >= 0.3 is 0 Å². The summed E-state index contributed by atoms with van der Waals surface area (Å²) in [4.78, 5) is 14.7.